The van der Waals surface area contributed by atoms with Gasteiger partial charge in [0.15, 0.2) is 0 Å². The van der Waals surface area contributed by atoms with Gasteiger partial charge in [0.1, 0.15) is 24.0 Å². The number of hydrogen-bond donors (Lipinski definition) is 2. The van der Waals surface area contributed by atoms with Gasteiger partial charge >= 0.3 is 0 Å². The van der Waals surface area contributed by atoms with Gasteiger partial charge in [-0.15, -0.1) is 0 Å². The van der Waals surface area contributed by atoms with E-state index in [1.54, 1.807) is 4.90 Å². The van der Waals surface area contributed by atoms with Crippen LogP contribution in [0, 0.1) is 0 Å². The quantitative estimate of drug-likeness (QED) is 0.857. The van der Waals surface area contributed by atoms with E-state index in [2.05, 4.69) is 34.4 Å². The molecule has 1 fully saturated rings. The molecule has 1 atom stereocenters. The fraction of sp³-hybridized carbons (Fsp3) is 0.643. The van der Waals surface area contributed by atoms with Crippen molar-refractivity contribution >= 4 is 17.5 Å². The Hall–Kier alpha value is -1.85. The zero-order chi connectivity index (χ0) is 14.7. The molecule has 0 saturated carbocycles. The molecule has 6 heteroatoms. The van der Waals surface area contributed by atoms with Crippen molar-refractivity contribution < 1.29 is 4.79 Å². The lowest BCUT2D eigenvalue weighted by atomic mass is 10.0. The number of carbonyl (C=O) groups is 1. The van der Waals surface area contributed by atoms with Crippen LogP contribution in [0.1, 0.15) is 38.7 Å². The van der Waals surface area contributed by atoms with Gasteiger partial charge in [-0.1, -0.05) is 13.8 Å². The number of likely N-dealkylation sites (tertiary alicyclic amines) is 1. The number of anilines is 2. The summed E-state index contributed by atoms with van der Waals surface area (Å²) >= 11 is 0. The second-order valence-electron chi connectivity index (χ2n) is 5.41. The fourth-order valence-corrected chi connectivity index (χ4v) is 2.49. The third kappa shape index (κ3) is 2.84. The summed E-state index contributed by atoms with van der Waals surface area (Å²) in [6, 6.07) is -0.179. The van der Waals surface area contributed by atoms with E-state index in [-0.39, 0.29) is 17.9 Å². The van der Waals surface area contributed by atoms with Crippen molar-refractivity contribution in [1.29, 1.82) is 0 Å². The van der Waals surface area contributed by atoms with Crippen LogP contribution in [-0.4, -0.2) is 47.0 Å². The van der Waals surface area contributed by atoms with Gasteiger partial charge in [-0.3, -0.25) is 4.79 Å². The van der Waals surface area contributed by atoms with E-state index in [9.17, 15) is 4.79 Å². The third-order valence-corrected chi connectivity index (χ3v) is 3.54. The fourth-order valence-electron chi connectivity index (χ4n) is 2.49. The monoisotopic (exact) mass is 277 g/mol. The predicted octanol–water partition coefficient (Wildman–Crippen LogP) is 1.67. The molecule has 0 radical (unpaired) electrons. The summed E-state index contributed by atoms with van der Waals surface area (Å²) in [5, 5.41) is 6.54. The van der Waals surface area contributed by atoms with Crippen molar-refractivity contribution in [2.24, 2.45) is 0 Å². The molecule has 2 heterocycles. The number of aromatic nitrogens is 2. The molecule has 1 aliphatic heterocycles. The van der Waals surface area contributed by atoms with Crippen LogP contribution >= 0.6 is 0 Å². The number of nitrogens with zero attached hydrogens (tertiary/aromatic N) is 3. The number of nitrogens with one attached hydrogen (secondary N) is 2. The summed E-state index contributed by atoms with van der Waals surface area (Å²) in [6.45, 7) is 7.84. The minimum Gasteiger partial charge on any atom is -0.370 e. The largest absolute Gasteiger partial charge is 0.370 e. The Labute approximate surface area is 120 Å². The highest BCUT2D eigenvalue weighted by atomic mass is 16.2. The summed E-state index contributed by atoms with van der Waals surface area (Å²) in [7, 11) is 1.83. The molecule has 20 heavy (non-hydrogen) atoms. The summed E-state index contributed by atoms with van der Waals surface area (Å²) in [6.07, 6.45) is 2.35. The minimum absolute atomic E-state index is 0.128. The maximum atomic E-state index is 12.0. The number of carbonyl (C=O) groups excluding carboxylic acids is 1. The van der Waals surface area contributed by atoms with Crippen LogP contribution in [0.3, 0.4) is 0 Å². The van der Waals surface area contributed by atoms with E-state index in [1.807, 2.05) is 14.0 Å². The van der Waals surface area contributed by atoms with Gasteiger partial charge < -0.3 is 15.5 Å². The molecule has 1 aromatic heterocycles. The first kappa shape index (κ1) is 14.6. The van der Waals surface area contributed by atoms with Crippen LogP contribution in [-0.2, 0) is 4.79 Å². The van der Waals surface area contributed by atoms with Gasteiger partial charge in [-0.05, 0) is 19.3 Å². The molecule has 0 bridgehead atoms. The van der Waals surface area contributed by atoms with Gasteiger partial charge in [-0.2, -0.15) is 0 Å². The van der Waals surface area contributed by atoms with E-state index in [0.717, 1.165) is 36.7 Å². The molecule has 1 unspecified atom stereocenters. The number of rotatable bonds is 5. The molecule has 0 aromatic carbocycles. The molecule has 2 rings (SSSR count). The van der Waals surface area contributed by atoms with Crippen molar-refractivity contribution in [3.63, 3.8) is 0 Å². The van der Waals surface area contributed by atoms with Crippen LogP contribution in [0.4, 0.5) is 11.6 Å². The zero-order valence-electron chi connectivity index (χ0n) is 12.6. The minimum atomic E-state index is -0.179. The van der Waals surface area contributed by atoms with Crippen LogP contribution in [0.5, 0.6) is 0 Å². The highest BCUT2D eigenvalue weighted by Gasteiger charge is 2.30. The van der Waals surface area contributed by atoms with E-state index in [1.165, 1.54) is 6.33 Å². The predicted molar refractivity (Wildman–Crippen MR) is 79.9 cm³/mol. The lowest BCUT2D eigenvalue weighted by Gasteiger charge is -2.19. The van der Waals surface area contributed by atoms with Crippen LogP contribution in [0.25, 0.3) is 0 Å². The molecule has 2 N–H and O–H groups in total. The summed E-state index contributed by atoms with van der Waals surface area (Å²) < 4.78 is 0. The van der Waals surface area contributed by atoms with E-state index >= 15 is 0 Å². The number of amides is 1. The summed E-state index contributed by atoms with van der Waals surface area (Å²) in [5.74, 6) is 2.02. The number of likely N-dealkylation sites (N-methyl/N-ethyl adjacent to an activating group) is 1. The van der Waals surface area contributed by atoms with Gasteiger partial charge in [0.2, 0.25) is 5.91 Å². The average molecular weight is 277 g/mol. The first-order valence-electron chi connectivity index (χ1n) is 7.14. The average Bonchev–Trinajstić information content (AvgIpc) is 2.71. The lowest BCUT2D eigenvalue weighted by molar-refractivity contribution is -0.127. The Kier molecular flexibility index (Phi) is 4.42. The van der Waals surface area contributed by atoms with Crippen molar-refractivity contribution in [3.8, 4) is 0 Å². The maximum Gasteiger partial charge on any atom is 0.244 e. The molecule has 0 spiro atoms. The Morgan fingerprint density at radius 1 is 1.40 bits per heavy atom. The molecule has 1 aromatic rings. The van der Waals surface area contributed by atoms with Crippen LogP contribution < -0.4 is 10.6 Å². The SMILES string of the molecule is CCNc1ncnc(NC2CCN(C)C2=O)c1C(C)C. The lowest BCUT2D eigenvalue weighted by Crippen LogP contribution is -2.31. The third-order valence-electron chi connectivity index (χ3n) is 3.54. The smallest absolute Gasteiger partial charge is 0.244 e. The second kappa shape index (κ2) is 6.07. The van der Waals surface area contributed by atoms with Crippen LogP contribution in [0.2, 0.25) is 0 Å². The molecular formula is C14H23N5O. The molecule has 1 amide bonds. The van der Waals surface area contributed by atoms with E-state index in [0.29, 0.717) is 0 Å². The maximum absolute atomic E-state index is 12.0. The molecule has 1 saturated heterocycles. The summed E-state index contributed by atoms with van der Waals surface area (Å²) in [5.41, 5.74) is 1.04. The Balaban J connectivity index is 2.27. The molecule has 1 aliphatic rings. The first-order chi connectivity index (χ1) is 9.54. The van der Waals surface area contributed by atoms with Crippen molar-refractivity contribution in [2.75, 3.05) is 30.8 Å². The van der Waals surface area contributed by atoms with Gasteiger partial charge in [-0.25, -0.2) is 9.97 Å². The van der Waals surface area contributed by atoms with Crippen LogP contribution in [0.15, 0.2) is 6.33 Å². The van der Waals surface area contributed by atoms with Gasteiger partial charge in [0.25, 0.3) is 0 Å². The number of hydrogen-bond acceptors (Lipinski definition) is 5. The van der Waals surface area contributed by atoms with Crippen molar-refractivity contribution in [3.05, 3.63) is 11.9 Å². The van der Waals surface area contributed by atoms with Crippen molar-refractivity contribution in [2.45, 2.75) is 39.2 Å². The first-order valence-corrected chi connectivity index (χ1v) is 7.14. The van der Waals surface area contributed by atoms with E-state index < -0.39 is 0 Å². The second-order valence-corrected chi connectivity index (χ2v) is 5.41. The van der Waals surface area contributed by atoms with Gasteiger partial charge in [0, 0.05) is 25.7 Å². The Morgan fingerprint density at radius 3 is 2.65 bits per heavy atom. The molecule has 6 nitrogen and oxygen atoms in total. The topological polar surface area (TPSA) is 70.2 Å². The molecular weight excluding hydrogens is 254 g/mol. The Bertz CT molecular complexity index is 488. The van der Waals surface area contributed by atoms with E-state index in [4.69, 9.17) is 0 Å². The molecule has 110 valence electrons. The van der Waals surface area contributed by atoms with Crippen molar-refractivity contribution in [1.82, 2.24) is 14.9 Å². The normalized spacial score (nSPS) is 18.8. The highest BCUT2D eigenvalue weighted by molar-refractivity contribution is 5.86. The summed E-state index contributed by atoms with van der Waals surface area (Å²) in [4.78, 5) is 22.4. The zero-order valence-corrected chi connectivity index (χ0v) is 12.6. The highest BCUT2D eigenvalue weighted by Crippen LogP contribution is 2.29. The molecule has 0 aliphatic carbocycles. The van der Waals surface area contributed by atoms with Gasteiger partial charge in [0.05, 0.1) is 0 Å². The Morgan fingerprint density at radius 2 is 2.10 bits per heavy atom. The standard InChI is InChI=1S/C14H23N5O/c1-5-15-12-11(9(2)3)13(17-8-16-12)18-10-6-7-19(4)14(10)20/h8-10H,5-7H2,1-4H3,(H2,15,16,17,18).